The Hall–Kier alpha value is 0.01000. The fraction of sp³-hybridized carbons (Fsp3) is 0.909. The summed E-state index contributed by atoms with van der Waals surface area (Å²) in [6.45, 7) is 7.50. The van der Waals surface area contributed by atoms with Crippen LogP contribution in [0.4, 0.5) is 0 Å². The molecule has 1 rings (SSSR count). The van der Waals surface area contributed by atoms with Crippen LogP contribution in [0.3, 0.4) is 0 Å². The van der Waals surface area contributed by atoms with Crippen LogP contribution in [0.2, 0.25) is 0 Å². The number of rotatable bonds is 5. The second-order valence-electron chi connectivity index (χ2n) is 5.04. The van der Waals surface area contributed by atoms with Crippen molar-refractivity contribution in [3.05, 3.63) is 0 Å². The fourth-order valence-corrected chi connectivity index (χ4v) is 2.15. The summed E-state index contributed by atoms with van der Waals surface area (Å²) in [6, 6.07) is 0.480. The third kappa shape index (κ3) is 2.82. The van der Waals surface area contributed by atoms with Crippen LogP contribution in [0, 0.1) is 5.41 Å². The van der Waals surface area contributed by atoms with Gasteiger partial charge in [-0.2, -0.15) is 0 Å². The van der Waals surface area contributed by atoms with Crippen molar-refractivity contribution in [2.45, 2.75) is 37.6 Å². The van der Waals surface area contributed by atoms with E-state index in [4.69, 9.17) is 23.2 Å². The summed E-state index contributed by atoms with van der Waals surface area (Å²) in [7, 11) is 2.03. The number of hydrogen-bond acceptors (Lipinski definition) is 2. The van der Waals surface area contributed by atoms with Crippen LogP contribution in [0.25, 0.3) is 0 Å². The minimum Gasteiger partial charge on any atom is -0.354 e. The molecule has 16 heavy (non-hydrogen) atoms. The van der Waals surface area contributed by atoms with Gasteiger partial charge >= 0.3 is 0 Å². The molecule has 0 radical (unpaired) electrons. The minimum atomic E-state index is -0.874. The average Bonchev–Trinajstić information content (AvgIpc) is 2.66. The monoisotopic (exact) mass is 266 g/mol. The van der Waals surface area contributed by atoms with E-state index in [0.29, 0.717) is 19.0 Å². The zero-order valence-corrected chi connectivity index (χ0v) is 11.8. The molecule has 0 bridgehead atoms. The van der Waals surface area contributed by atoms with Gasteiger partial charge in [0.1, 0.15) is 4.33 Å². The molecular formula is C11H20Cl2N2O. The zero-order valence-electron chi connectivity index (χ0n) is 10.3. The normalized spacial score (nSPS) is 27.2. The highest BCUT2D eigenvalue weighted by atomic mass is 35.5. The van der Waals surface area contributed by atoms with Gasteiger partial charge in [-0.15, -0.1) is 23.2 Å². The highest BCUT2D eigenvalue weighted by molar-refractivity contribution is 6.53. The van der Waals surface area contributed by atoms with E-state index >= 15 is 0 Å². The standard InChI is InChI=1S/C11H20Cl2N2O/c1-8(2)15(4)6-5-14-9(16)10(3)7-11(10,12)13/h8H,5-7H2,1-4H3,(H,14,16)/t10-/m0/s1. The molecule has 1 aliphatic carbocycles. The first-order valence-electron chi connectivity index (χ1n) is 5.57. The molecule has 1 saturated carbocycles. The lowest BCUT2D eigenvalue weighted by Gasteiger charge is -2.21. The lowest BCUT2D eigenvalue weighted by molar-refractivity contribution is -0.125. The average molecular weight is 267 g/mol. The number of amides is 1. The molecule has 94 valence electrons. The van der Waals surface area contributed by atoms with E-state index in [1.807, 2.05) is 7.05 Å². The molecule has 0 aromatic heterocycles. The highest BCUT2D eigenvalue weighted by Gasteiger charge is 2.67. The lowest BCUT2D eigenvalue weighted by atomic mass is 10.1. The SMILES string of the molecule is CC(C)N(C)CCNC(=O)[C@]1(C)CC1(Cl)Cl. The molecule has 1 N–H and O–H groups in total. The maximum Gasteiger partial charge on any atom is 0.229 e. The van der Waals surface area contributed by atoms with Crippen LogP contribution in [-0.2, 0) is 4.79 Å². The predicted octanol–water partition coefficient (Wildman–Crippen LogP) is 2.03. The van der Waals surface area contributed by atoms with E-state index in [2.05, 4.69) is 24.1 Å². The first-order valence-corrected chi connectivity index (χ1v) is 6.33. The van der Waals surface area contributed by atoms with Gasteiger partial charge in [0.25, 0.3) is 0 Å². The Morgan fingerprint density at radius 1 is 1.50 bits per heavy atom. The first kappa shape index (κ1) is 14.1. The van der Waals surface area contributed by atoms with E-state index in [0.717, 1.165) is 6.54 Å². The number of carbonyl (C=O) groups excluding carboxylic acids is 1. The molecule has 0 saturated heterocycles. The zero-order chi connectivity index (χ0) is 12.6. The van der Waals surface area contributed by atoms with E-state index in [1.165, 1.54) is 0 Å². The van der Waals surface area contributed by atoms with E-state index in [9.17, 15) is 4.79 Å². The molecule has 1 aliphatic rings. The molecular weight excluding hydrogens is 247 g/mol. The van der Waals surface area contributed by atoms with Gasteiger partial charge in [-0.25, -0.2) is 0 Å². The Morgan fingerprint density at radius 3 is 2.38 bits per heavy atom. The minimum absolute atomic E-state index is 0.0466. The van der Waals surface area contributed by atoms with Gasteiger partial charge in [-0.05, 0) is 34.2 Å². The third-order valence-corrected chi connectivity index (χ3v) is 4.49. The van der Waals surface area contributed by atoms with Crippen LogP contribution in [-0.4, -0.2) is 41.3 Å². The Morgan fingerprint density at radius 2 is 2.00 bits per heavy atom. The maximum atomic E-state index is 11.8. The summed E-state index contributed by atoms with van der Waals surface area (Å²) < 4.78 is -0.874. The summed E-state index contributed by atoms with van der Waals surface area (Å²) in [4.78, 5) is 14.0. The number of halogens is 2. The fourth-order valence-electron chi connectivity index (χ4n) is 1.45. The highest BCUT2D eigenvalue weighted by Crippen LogP contribution is 2.63. The number of likely N-dealkylation sites (N-methyl/N-ethyl adjacent to an activating group) is 1. The number of nitrogens with one attached hydrogen (secondary N) is 1. The Labute approximate surface area is 107 Å². The van der Waals surface area contributed by atoms with Crippen molar-refractivity contribution in [2.75, 3.05) is 20.1 Å². The van der Waals surface area contributed by atoms with Crippen molar-refractivity contribution in [2.24, 2.45) is 5.41 Å². The largest absolute Gasteiger partial charge is 0.354 e. The van der Waals surface area contributed by atoms with E-state index < -0.39 is 9.75 Å². The van der Waals surface area contributed by atoms with Gasteiger partial charge in [-0.3, -0.25) is 4.79 Å². The molecule has 3 nitrogen and oxygen atoms in total. The first-order chi connectivity index (χ1) is 7.21. The van der Waals surface area contributed by atoms with Gasteiger partial charge in [-0.1, -0.05) is 0 Å². The van der Waals surface area contributed by atoms with Crippen LogP contribution in [0.1, 0.15) is 27.2 Å². The van der Waals surface area contributed by atoms with Crippen molar-refractivity contribution in [3.8, 4) is 0 Å². The van der Waals surface area contributed by atoms with Crippen molar-refractivity contribution >= 4 is 29.1 Å². The smallest absolute Gasteiger partial charge is 0.229 e. The van der Waals surface area contributed by atoms with Crippen molar-refractivity contribution < 1.29 is 4.79 Å². The number of alkyl halides is 2. The molecule has 1 amide bonds. The molecule has 5 heteroatoms. The van der Waals surface area contributed by atoms with Gasteiger partial charge in [0.2, 0.25) is 5.91 Å². The Bertz CT molecular complexity index is 281. The molecule has 0 spiro atoms. The van der Waals surface area contributed by atoms with Crippen LogP contribution < -0.4 is 5.32 Å². The van der Waals surface area contributed by atoms with Crippen LogP contribution in [0.15, 0.2) is 0 Å². The topological polar surface area (TPSA) is 32.3 Å². The van der Waals surface area contributed by atoms with Gasteiger partial charge in [0, 0.05) is 19.1 Å². The van der Waals surface area contributed by atoms with Gasteiger partial charge in [0.15, 0.2) is 0 Å². The lowest BCUT2D eigenvalue weighted by Crippen LogP contribution is -2.39. The van der Waals surface area contributed by atoms with Crippen LogP contribution >= 0.6 is 23.2 Å². The van der Waals surface area contributed by atoms with Crippen molar-refractivity contribution in [1.29, 1.82) is 0 Å². The summed E-state index contributed by atoms with van der Waals surface area (Å²) in [5.74, 6) is -0.0466. The third-order valence-electron chi connectivity index (χ3n) is 3.39. The Kier molecular flexibility index (Phi) is 4.14. The number of carbonyl (C=O) groups is 1. The molecule has 0 aromatic rings. The summed E-state index contributed by atoms with van der Waals surface area (Å²) >= 11 is 11.9. The summed E-state index contributed by atoms with van der Waals surface area (Å²) in [6.07, 6.45) is 0.537. The maximum absolute atomic E-state index is 11.8. The molecule has 0 heterocycles. The molecule has 0 aromatic carbocycles. The number of hydrogen-bond donors (Lipinski definition) is 1. The summed E-state index contributed by atoms with van der Waals surface area (Å²) in [5.41, 5.74) is -0.605. The summed E-state index contributed by atoms with van der Waals surface area (Å²) in [5, 5.41) is 2.88. The molecule has 0 aliphatic heterocycles. The molecule has 1 atom stereocenters. The second-order valence-corrected chi connectivity index (χ2v) is 6.53. The van der Waals surface area contributed by atoms with Crippen molar-refractivity contribution in [1.82, 2.24) is 10.2 Å². The van der Waals surface area contributed by atoms with E-state index in [-0.39, 0.29) is 5.91 Å². The van der Waals surface area contributed by atoms with E-state index in [1.54, 1.807) is 6.92 Å². The second kappa shape index (κ2) is 4.71. The van der Waals surface area contributed by atoms with Crippen molar-refractivity contribution in [3.63, 3.8) is 0 Å². The number of nitrogens with zero attached hydrogens (tertiary/aromatic N) is 1. The molecule has 1 fully saturated rings. The van der Waals surface area contributed by atoms with Gasteiger partial charge in [0.05, 0.1) is 5.41 Å². The predicted molar refractivity (Wildman–Crippen MR) is 67.9 cm³/mol. The Balaban J connectivity index is 2.28. The quantitative estimate of drug-likeness (QED) is 0.773. The molecule has 0 unspecified atom stereocenters. The van der Waals surface area contributed by atoms with Gasteiger partial charge < -0.3 is 10.2 Å². The van der Waals surface area contributed by atoms with Crippen LogP contribution in [0.5, 0.6) is 0 Å².